The number of carboxylic acid groups (broad SMARTS) is 2. The van der Waals surface area contributed by atoms with Gasteiger partial charge in [0.05, 0.1) is 36.8 Å². The molecule has 0 atom stereocenters. The maximum Gasteiger partial charge on any atom is 0.315 e. The summed E-state index contributed by atoms with van der Waals surface area (Å²) >= 11 is 2.52. The number of nitrogens with one attached hydrogen (secondary N) is 2. The van der Waals surface area contributed by atoms with Gasteiger partial charge < -0.3 is 30.3 Å². The summed E-state index contributed by atoms with van der Waals surface area (Å²) in [6, 6.07) is 10.2. The smallest absolute Gasteiger partial charge is 0.315 e. The minimum atomic E-state index is -1.03. The summed E-state index contributed by atoms with van der Waals surface area (Å²) in [5.41, 5.74) is 1.40. The highest BCUT2D eigenvalue weighted by molar-refractivity contribution is 7.21. The molecule has 2 heterocycles. The lowest BCUT2D eigenvalue weighted by Crippen LogP contribution is -2.34. The second kappa shape index (κ2) is 13.4. The second-order valence-electron chi connectivity index (χ2n) is 9.30. The Morgan fingerprint density at radius 3 is 1.40 bits per heavy atom. The van der Waals surface area contributed by atoms with E-state index < -0.39 is 18.0 Å². The average molecular weight is 613 g/mol. The summed E-state index contributed by atoms with van der Waals surface area (Å²) in [4.78, 5) is 59.9. The Hall–Kier alpha value is -4.49. The molecule has 13 heteroatoms. The molecule has 4 N–H and O–H groups in total. The lowest BCUT2D eigenvalue weighted by atomic mass is 10.1. The SMILES string of the molecule is COc1cc2cc(C(=O)CCC(=O)O)sc2cc1CNC(=O)NCc1cc2sc(C(=O)CCC(=O)O)cc2cc1OC. The lowest BCUT2D eigenvalue weighted by Gasteiger charge is -2.13. The number of thiophene rings is 2. The number of urea groups is 1. The number of carbonyl (C=O) groups excluding carboxylic acids is 3. The van der Waals surface area contributed by atoms with E-state index in [0.29, 0.717) is 32.4 Å². The molecule has 0 aliphatic carbocycles. The van der Waals surface area contributed by atoms with E-state index in [9.17, 15) is 24.0 Å². The van der Waals surface area contributed by atoms with Crippen LogP contribution in [0, 0.1) is 0 Å². The largest absolute Gasteiger partial charge is 0.496 e. The van der Waals surface area contributed by atoms with Gasteiger partial charge in [0.25, 0.3) is 0 Å². The van der Waals surface area contributed by atoms with Gasteiger partial charge in [-0.1, -0.05) is 0 Å². The van der Waals surface area contributed by atoms with Gasteiger partial charge in [0.15, 0.2) is 11.6 Å². The zero-order valence-electron chi connectivity index (χ0n) is 22.8. The number of benzene rings is 2. The molecule has 0 spiro atoms. The van der Waals surface area contributed by atoms with Crippen LogP contribution in [0.25, 0.3) is 20.2 Å². The first-order valence-corrected chi connectivity index (χ1v) is 14.4. The Bertz CT molecular complexity index is 1570. The van der Waals surface area contributed by atoms with E-state index in [1.54, 1.807) is 24.3 Å². The quantitative estimate of drug-likeness (QED) is 0.139. The van der Waals surface area contributed by atoms with Gasteiger partial charge in [0, 0.05) is 46.5 Å². The molecule has 4 aromatic rings. The van der Waals surface area contributed by atoms with Crippen LogP contribution in [-0.2, 0) is 22.7 Å². The molecule has 220 valence electrons. The minimum Gasteiger partial charge on any atom is -0.496 e. The average Bonchev–Trinajstić information content (AvgIpc) is 3.58. The van der Waals surface area contributed by atoms with Crippen LogP contribution in [0.1, 0.15) is 56.2 Å². The Balaban J connectivity index is 1.41. The number of amides is 2. The number of ether oxygens (including phenoxy) is 2. The van der Waals surface area contributed by atoms with Crippen LogP contribution in [0.2, 0.25) is 0 Å². The predicted octanol–water partition coefficient (Wildman–Crippen LogP) is 5.23. The fourth-order valence-electron chi connectivity index (χ4n) is 4.25. The van der Waals surface area contributed by atoms with Gasteiger partial charge in [0.2, 0.25) is 0 Å². The summed E-state index contributed by atoms with van der Waals surface area (Å²) in [5.74, 6) is -1.48. The van der Waals surface area contributed by atoms with Gasteiger partial charge in [0.1, 0.15) is 11.5 Å². The van der Waals surface area contributed by atoms with Crippen LogP contribution < -0.4 is 20.1 Å². The number of carbonyl (C=O) groups is 5. The van der Waals surface area contributed by atoms with E-state index in [4.69, 9.17) is 19.7 Å². The molecular formula is C29H28N2O9S2. The number of hydrogen-bond donors (Lipinski definition) is 4. The molecule has 42 heavy (non-hydrogen) atoms. The van der Waals surface area contributed by atoms with Gasteiger partial charge in [-0.25, -0.2) is 4.79 Å². The van der Waals surface area contributed by atoms with E-state index >= 15 is 0 Å². The van der Waals surface area contributed by atoms with Crippen molar-refractivity contribution in [2.24, 2.45) is 0 Å². The van der Waals surface area contributed by atoms with Crippen molar-refractivity contribution in [3.05, 3.63) is 57.3 Å². The molecule has 0 saturated carbocycles. The number of hydrogen-bond acceptors (Lipinski definition) is 9. The number of aliphatic carboxylic acids is 2. The van der Waals surface area contributed by atoms with E-state index in [1.807, 2.05) is 12.1 Å². The molecule has 2 aromatic carbocycles. The Labute approximate surface area is 248 Å². The van der Waals surface area contributed by atoms with Crippen molar-refractivity contribution >= 4 is 72.4 Å². The number of ketones is 2. The topological polar surface area (TPSA) is 168 Å². The molecule has 0 saturated heterocycles. The molecule has 0 unspecified atom stereocenters. The number of Topliss-reactive ketones (excluding diaryl/α,β-unsaturated/α-hetero) is 2. The van der Waals surface area contributed by atoms with Crippen molar-refractivity contribution in [3.8, 4) is 11.5 Å². The fourth-order valence-corrected chi connectivity index (χ4v) is 6.40. The highest BCUT2D eigenvalue weighted by Gasteiger charge is 2.17. The number of methoxy groups -OCH3 is 2. The highest BCUT2D eigenvalue weighted by Crippen LogP contribution is 2.34. The summed E-state index contributed by atoms with van der Waals surface area (Å²) in [6.45, 7) is 0.294. The Kier molecular flexibility index (Phi) is 9.76. The van der Waals surface area contributed by atoms with Crippen molar-refractivity contribution in [2.75, 3.05) is 14.2 Å². The molecular weight excluding hydrogens is 584 g/mol. The summed E-state index contributed by atoms with van der Waals surface area (Å²) in [5, 5.41) is 24.8. The number of rotatable bonds is 14. The van der Waals surface area contributed by atoms with Crippen molar-refractivity contribution in [1.29, 1.82) is 0 Å². The monoisotopic (exact) mass is 612 g/mol. The number of fused-ring (bicyclic) bond motifs is 2. The van der Waals surface area contributed by atoms with Gasteiger partial charge in [-0.2, -0.15) is 0 Å². The third-order valence-electron chi connectivity index (χ3n) is 6.40. The second-order valence-corrected chi connectivity index (χ2v) is 11.5. The molecule has 0 aliphatic heterocycles. The third kappa shape index (κ3) is 7.42. The van der Waals surface area contributed by atoms with Gasteiger partial charge in [-0.3, -0.25) is 19.2 Å². The zero-order chi connectivity index (χ0) is 30.4. The standard InChI is InChI=1S/C29H28N2O9S2/c1-39-21-7-15-9-25(19(32)3-5-27(34)35)41-23(15)11-17(21)13-30-29(38)31-14-18-12-24-16(8-22(18)40-2)10-26(42-24)20(33)4-6-28(36)37/h7-12H,3-6,13-14H2,1-2H3,(H,34,35)(H,36,37)(H2,30,31,38). The first-order chi connectivity index (χ1) is 20.1. The maximum atomic E-state index is 12.7. The van der Waals surface area contributed by atoms with Crippen LogP contribution in [0.5, 0.6) is 11.5 Å². The summed E-state index contributed by atoms with van der Waals surface area (Å²) in [7, 11) is 3.02. The summed E-state index contributed by atoms with van der Waals surface area (Å²) < 4.78 is 12.6. The van der Waals surface area contributed by atoms with Crippen LogP contribution in [0.4, 0.5) is 4.79 Å². The molecule has 0 aliphatic rings. The predicted molar refractivity (Wildman–Crippen MR) is 158 cm³/mol. The van der Waals surface area contributed by atoms with Crippen LogP contribution in [0.15, 0.2) is 36.4 Å². The van der Waals surface area contributed by atoms with E-state index in [0.717, 1.165) is 20.2 Å². The minimum absolute atomic E-state index is 0.0792. The van der Waals surface area contributed by atoms with Crippen molar-refractivity contribution in [3.63, 3.8) is 0 Å². The van der Waals surface area contributed by atoms with Gasteiger partial charge in [-0.05, 0) is 47.2 Å². The Morgan fingerprint density at radius 1 is 0.643 bits per heavy atom. The van der Waals surface area contributed by atoms with Crippen LogP contribution >= 0.6 is 22.7 Å². The van der Waals surface area contributed by atoms with Gasteiger partial charge in [-0.15, -0.1) is 22.7 Å². The molecule has 0 fully saturated rings. The third-order valence-corrected chi connectivity index (χ3v) is 8.68. The van der Waals surface area contributed by atoms with Crippen LogP contribution in [-0.4, -0.2) is 54.0 Å². The van der Waals surface area contributed by atoms with Crippen LogP contribution in [0.3, 0.4) is 0 Å². The highest BCUT2D eigenvalue weighted by atomic mass is 32.1. The van der Waals surface area contributed by atoms with E-state index in [-0.39, 0.29) is 50.3 Å². The van der Waals surface area contributed by atoms with E-state index in [2.05, 4.69) is 10.6 Å². The lowest BCUT2D eigenvalue weighted by molar-refractivity contribution is -0.137. The number of carboxylic acids is 2. The molecule has 0 bridgehead atoms. The Morgan fingerprint density at radius 2 is 1.05 bits per heavy atom. The zero-order valence-corrected chi connectivity index (χ0v) is 24.4. The summed E-state index contributed by atoms with van der Waals surface area (Å²) in [6.07, 6.45) is -0.625. The first-order valence-electron chi connectivity index (χ1n) is 12.8. The van der Waals surface area contributed by atoms with Crippen molar-refractivity contribution < 1.29 is 43.7 Å². The normalized spacial score (nSPS) is 10.9. The molecule has 2 aromatic heterocycles. The molecule has 2 amide bonds. The van der Waals surface area contributed by atoms with E-state index in [1.165, 1.54) is 36.9 Å². The molecule has 11 nitrogen and oxygen atoms in total. The molecule has 4 rings (SSSR count). The van der Waals surface area contributed by atoms with Crippen molar-refractivity contribution in [2.45, 2.75) is 38.8 Å². The van der Waals surface area contributed by atoms with Crippen molar-refractivity contribution in [1.82, 2.24) is 10.6 Å². The fraction of sp³-hybridized carbons (Fsp3) is 0.276. The first kappa shape index (κ1) is 30.5. The maximum absolute atomic E-state index is 12.7. The molecule has 0 radical (unpaired) electrons. The van der Waals surface area contributed by atoms with Gasteiger partial charge >= 0.3 is 18.0 Å².